The topological polar surface area (TPSA) is 31.2 Å². The maximum absolute atomic E-state index is 13.8. The van der Waals surface area contributed by atoms with Gasteiger partial charge in [0, 0.05) is 22.2 Å². The molecule has 2 aromatic carbocycles. The molecule has 136 valence electrons. The van der Waals surface area contributed by atoms with Crippen molar-refractivity contribution in [1.82, 2.24) is 4.57 Å². The van der Waals surface area contributed by atoms with Gasteiger partial charge in [0.15, 0.2) is 0 Å². The van der Waals surface area contributed by atoms with E-state index in [0.717, 1.165) is 10.1 Å². The molecule has 3 aromatic rings. The van der Waals surface area contributed by atoms with Crippen molar-refractivity contribution in [1.29, 1.82) is 0 Å². The van der Waals surface area contributed by atoms with Gasteiger partial charge in [-0.05, 0) is 25.5 Å². The molecule has 0 aliphatic rings. The van der Waals surface area contributed by atoms with Crippen LogP contribution >= 0.6 is 0 Å². The predicted molar refractivity (Wildman–Crippen MR) is 93.8 cm³/mol. The lowest BCUT2D eigenvalue weighted by molar-refractivity contribution is -0.192. The molecule has 1 unspecified atom stereocenters. The van der Waals surface area contributed by atoms with Gasteiger partial charge in [0.2, 0.25) is 6.04 Å². The van der Waals surface area contributed by atoms with Gasteiger partial charge in [-0.3, -0.25) is 0 Å². The van der Waals surface area contributed by atoms with Crippen LogP contribution in [0.4, 0.5) is 13.2 Å². The largest absolute Gasteiger partial charge is 0.464 e. The van der Waals surface area contributed by atoms with Crippen LogP contribution < -0.4 is 0 Å². The summed E-state index contributed by atoms with van der Waals surface area (Å²) in [5, 5.41) is 0.662. The van der Waals surface area contributed by atoms with E-state index in [1.54, 1.807) is 31.2 Å². The van der Waals surface area contributed by atoms with E-state index in [9.17, 15) is 18.0 Å². The van der Waals surface area contributed by atoms with Crippen LogP contribution in [0.3, 0.4) is 0 Å². The molecule has 0 aliphatic carbocycles. The summed E-state index contributed by atoms with van der Waals surface area (Å²) in [7, 11) is 0. The number of hydrogen-bond donors (Lipinski definition) is 0. The molecule has 0 N–H and O–H groups in total. The van der Waals surface area contributed by atoms with E-state index in [1.165, 1.54) is 6.92 Å². The number of ether oxygens (including phenoxy) is 1. The molecule has 1 heterocycles. The van der Waals surface area contributed by atoms with Crippen molar-refractivity contribution >= 4 is 16.9 Å². The summed E-state index contributed by atoms with van der Waals surface area (Å²) >= 11 is 0. The summed E-state index contributed by atoms with van der Waals surface area (Å²) in [5.74, 6) is -1.30. The second kappa shape index (κ2) is 6.86. The molecule has 3 rings (SSSR count). The third kappa shape index (κ3) is 3.07. The molecule has 1 atom stereocenters. The van der Waals surface area contributed by atoms with Gasteiger partial charge in [-0.25, -0.2) is 4.79 Å². The van der Waals surface area contributed by atoms with Gasteiger partial charge in [-0.1, -0.05) is 48.5 Å². The average molecular weight is 361 g/mol. The van der Waals surface area contributed by atoms with E-state index in [-0.39, 0.29) is 6.61 Å². The maximum Gasteiger partial charge on any atom is 0.419 e. The number of alkyl halides is 3. The van der Waals surface area contributed by atoms with Gasteiger partial charge in [0.05, 0.1) is 6.61 Å². The number of fused-ring (bicyclic) bond motifs is 1. The van der Waals surface area contributed by atoms with Gasteiger partial charge in [-0.2, -0.15) is 13.2 Å². The Kier molecular flexibility index (Phi) is 4.76. The first-order valence-corrected chi connectivity index (χ1v) is 8.24. The van der Waals surface area contributed by atoms with Crippen LogP contribution in [0.2, 0.25) is 0 Å². The number of para-hydroxylation sites is 1. The second-order valence-corrected chi connectivity index (χ2v) is 5.91. The third-order valence-electron chi connectivity index (χ3n) is 4.30. The fourth-order valence-electron chi connectivity index (χ4n) is 3.30. The Morgan fingerprint density at radius 3 is 2.31 bits per heavy atom. The highest BCUT2D eigenvalue weighted by Gasteiger charge is 2.48. The van der Waals surface area contributed by atoms with Gasteiger partial charge in [0.1, 0.15) is 0 Å². The van der Waals surface area contributed by atoms with Crippen LogP contribution in [-0.4, -0.2) is 23.3 Å². The quantitative estimate of drug-likeness (QED) is 0.592. The van der Waals surface area contributed by atoms with Crippen molar-refractivity contribution in [2.45, 2.75) is 26.1 Å². The van der Waals surface area contributed by atoms with E-state index in [2.05, 4.69) is 0 Å². The number of carbonyl (C=O) groups is 1. The highest BCUT2D eigenvalue weighted by atomic mass is 19.4. The molecular formula is C20H18F3NO2. The summed E-state index contributed by atoms with van der Waals surface area (Å²) in [6.07, 6.45) is -4.77. The molecule has 0 aliphatic heterocycles. The van der Waals surface area contributed by atoms with Crippen molar-refractivity contribution in [2.24, 2.45) is 0 Å². The number of carbonyl (C=O) groups excluding carboxylic acids is 1. The van der Waals surface area contributed by atoms with E-state index in [0.29, 0.717) is 22.2 Å². The predicted octanol–water partition coefficient (Wildman–Crippen LogP) is 5.28. The van der Waals surface area contributed by atoms with Crippen LogP contribution in [0, 0.1) is 6.92 Å². The lowest BCUT2D eigenvalue weighted by Gasteiger charge is -2.23. The number of halogens is 3. The molecule has 0 spiro atoms. The SMILES string of the molecule is CCOC(=O)C(n1c(C)c(-c2ccccc2)c2ccccc21)C(F)(F)F. The summed E-state index contributed by atoms with van der Waals surface area (Å²) in [6, 6.07) is 13.6. The van der Waals surface area contributed by atoms with Crippen LogP contribution in [0.25, 0.3) is 22.0 Å². The van der Waals surface area contributed by atoms with Crippen molar-refractivity contribution in [3.05, 3.63) is 60.3 Å². The molecule has 3 nitrogen and oxygen atoms in total. The Bertz CT molecular complexity index is 929. The summed E-state index contributed by atoms with van der Waals surface area (Å²) in [5.41, 5.74) is 2.19. The third-order valence-corrected chi connectivity index (χ3v) is 4.30. The highest BCUT2D eigenvalue weighted by Crippen LogP contribution is 2.41. The first-order valence-electron chi connectivity index (χ1n) is 8.24. The highest BCUT2D eigenvalue weighted by molar-refractivity contribution is 5.99. The molecule has 26 heavy (non-hydrogen) atoms. The number of nitrogens with zero attached hydrogens (tertiary/aromatic N) is 1. The van der Waals surface area contributed by atoms with Crippen LogP contribution in [0.5, 0.6) is 0 Å². The van der Waals surface area contributed by atoms with Gasteiger partial charge >= 0.3 is 12.1 Å². The smallest absolute Gasteiger partial charge is 0.419 e. The molecule has 0 fully saturated rings. The fourth-order valence-corrected chi connectivity index (χ4v) is 3.30. The second-order valence-electron chi connectivity index (χ2n) is 5.91. The Labute approximate surface area is 149 Å². The first kappa shape index (κ1) is 18.0. The van der Waals surface area contributed by atoms with Crippen LogP contribution in [0.1, 0.15) is 18.7 Å². The zero-order chi connectivity index (χ0) is 18.9. The Balaban J connectivity index is 2.33. The minimum atomic E-state index is -4.77. The van der Waals surface area contributed by atoms with Crippen LogP contribution in [0.15, 0.2) is 54.6 Å². The molecule has 0 amide bonds. The van der Waals surface area contributed by atoms with E-state index >= 15 is 0 Å². The lowest BCUT2D eigenvalue weighted by Crippen LogP contribution is -2.35. The molecule has 0 saturated heterocycles. The molecule has 1 aromatic heterocycles. The number of aromatic nitrogens is 1. The first-order chi connectivity index (χ1) is 12.4. The Morgan fingerprint density at radius 1 is 1.08 bits per heavy atom. The van der Waals surface area contributed by atoms with E-state index in [4.69, 9.17) is 4.74 Å². The summed E-state index contributed by atoms with van der Waals surface area (Å²) in [4.78, 5) is 12.2. The number of hydrogen-bond acceptors (Lipinski definition) is 2. The van der Waals surface area contributed by atoms with E-state index < -0.39 is 18.2 Å². The number of rotatable bonds is 4. The van der Waals surface area contributed by atoms with Crippen molar-refractivity contribution in [3.8, 4) is 11.1 Å². The van der Waals surface area contributed by atoms with Crippen LogP contribution in [-0.2, 0) is 9.53 Å². The maximum atomic E-state index is 13.8. The van der Waals surface area contributed by atoms with Crippen molar-refractivity contribution < 1.29 is 22.7 Å². The van der Waals surface area contributed by atoms with E-state index in [1.807, 2.05) is 30.3 Å². The van der Waals surface area contributed by atoms with Gasteiger partial charge < -0.3 is 9.30 Å². The molecule has 0 saturated carbocycles. The average Bonchev–Trinajstić information content (AvgIpc) is 2.87. The minimum Gasteiger partial charge on any atom is -0.464 e. The lowest BCUT2D eigenvalue weighted by atomic mass is 10.0. The summed E-state index contributed by atoms with van der Waals surface area (Å²) < 4.78 is 47.1. The summed E-state index contributed by atoms with van der Waals surface area (Å²) in [6.45, 7) is 2.97. The molecule has 6 heteroatoms. The van der Waals surface area contributed by atoms with Crippen molar-refractivity contribution in [2.75, 3.05) is 6.61 Å². The monoisotopic (exact) mass is 361 g/mol. The zero-order valence-corrected chi connectivity index (χ0v) is 14.4. The number of benzene rings is 2. The standard InChI is InChI=1S/C20H18F3NO2/c1-3-26-19(25)18(20(21,22)23)24-13(2)17(14-9-5-4-6-10-14)15-11-7-8-12-16(15)24/h4-12,18H,3H2,1-2H3. The Morgan fingerprint density at radius 2 is 1.69 bits per heavy atom. The fraction of sp³-hybridized carbons (Fsp3) is 0.250. The van der Waals surface area contributed by atoms with Gasteiger partial charge in [0.25, 0.3) is 0 Å². The molecular weight excluding hydrogens is 343 g/mol. The van der Waals surface area contributed by atoms with Gasteiger partial charge in [-0.15, -0.1) is 0 Å². The molecule has 0 bridgehead atoms. The molecule has 0 radical (unpaired) electrons. The zero-order valence-electron chi connectivity index (χ0n) is 14.4. The van der Waals surface area contributed by atoms with Crippen molar-refractivity contribution in [3.63, 3.8) is 0 Å². The minimum absolute atomic E-state index is 0.116. The normalized spacial score (nSPS) is 13.0. The Hall–Kier alpha value is -2.76. The number of esters is 1.